The molecule has 0 aliphatic carbocycles. The topological polar surface area (TPSA) is 35.5 Å². The van der Waals surface area contributed by atoms with Crippen LogP contribution in [0.1, 0.15) is 12.8 Å². The fourth-order valence-electron chi connectivity index (χ4n) is 0.815. The van der Waals surface area contributed by atoms with Gasteiger partial charge in [0, 0.05) is 12.8 Å². The molecule has 0 aromatic rings. The Morgan fingerprint density at radius 3 is 2.60 bits per heavy atom. The van der Waals surface area contributed by atoms with Crippen LogP contribution in [0.4, 0.5) is 0 Å². The van der Waals surface area contributed by atoms with Crippen molar-refractivity contribution < 1.29 is 14.3 Å². The van der Waals surface area contributed by atoms with Crippen LogP contribution in [0.5, 0.6) is 0 Å². The Morgan fingerprint density at radius 2 is 2.10 bits per heavy atom. The highest BCUT2D eigenvalue weighted by Gasteiger charge is 2.15. The van der Waals surface area contributed by atoms with Gasteiger partial charge in [0.1, 0.15) is 0 Å². The molecule has 58 valence electrons. The number of ether oxygens (including phenoxy) is 2. The summed E-state index contributed by atoms with van der Waals surface area (Å²) in [6, 6.07) is 0. The molecule has 1 rings (SSSR count). The Kier molecular flexibility index (Phi) is 3.18. The molecule has 0 aromatic carbocycles. The van der Waals surface area contributed by atoms with Crippen LogP contribution in [-0.2, 0) is 14.3 Å². The molecule has 1 aliphatic rings. The first kappa shape index (κ1) is 8.04. The normalized spacial score (nSPS) is 19.7. The maximum atomic E-state index is 10.4. The van der Waals surface area contributed by atoms with Gasteiger partial charge < -0.3 is 9.47 Å². The number of carbonyl (C=O) groups excluding carboxylic acids is 1. The molecule has 0 saturated carbocycles. The zero-order chi connectivity index (χ0) is 7.40. The highest BCUT2D eigenvalue weighted by Crippen LogP contribution is 2.10. The van der Waals surface area contributed by atoms with Crippen LogP contribution in [0, 0.1) is 0 Å². The van der Waals surface area contributed by atoms with Crippen molar-refractivity contribution in [2.24, 2.45) is 0 Å². The molecule has 0 aromatic heterocycles. The number of hydrogen-bond donors (Lipinski definition) is 1. The van der Waals surface area contributed by atoms with Gasteiger partial charge in [-0.2, -0.15) is 0 Å². The molecule has 0 unspecified atom stereocenters. The van der Waals surface area contributed by atoms with E-state index in [1.807, 2.05) is 0 Å². The van der Waals surface area contributed by atoms with Gasteiger partial charge in [-0.25, -0.2) is 0 Å². The Morgan fingerprint density at radius 1 is 1.50 bits per heavy atom. The van der Waals surface area contributed by atoms with Gasteiger partial charge in [0.25, 0.3) is 0 Å². The maximum absolute atomic E-state index is 10.4. The van der Waals surface area contributed by atoms with Gasteiger partial charge in [-0.3, -0.25) is 4.79 Å². The molecular weight excluding hydrogens is 152 g/mol. The summed E-state index contributed by atoms with van der Waals surface area (Å²) >= 11 is 3.62. The Balaban J connectivity index is 2.07. The van der Waals surface area contributed by atoms with Gasteiger partial charge >= 0.3 is 0 Å². The minimum absolute atomic E-state index is 0.112. The first-order valence-corrected chi connectivity index (χ1v) is 3.69. The first-order valence-electron chi connectivity index (χ1n) is 3.24. The predicted molar refractivity (Wildman–Crippen MR) is 38.9 cm³/mol. The Hall–Kier alpha value is -0.0600. The molecule has 0 amide bonds. The smallest absolute Gasteiger partial charge is 0.186 e. The van der Waals surface area contributed by atoms with Gasteiger partial charge in [-0.15, -0.1) is 12.6 Å². The van der Waals surface area contributed by atoms with Crippen molar-refractivity contribution in [3.8, 4) is 0 Å². The quantitative estimate of drug-likeness (QED) is 0.617. The van der Waals surface area contributed by atoms with Crippen molar-refractivity contribution in [1.29, 1.82) is 0 Å². The third-order valence-electron chi connectivity index (χ3n) is 1.28. The largest absolute Gasteiger partial charge is 0.350 e. The van der Waals surface area contributed by atoms with E-state index in [4.69, 9.17) is 9.47 Å². The van der Waals surface area contributed by atoms with E-state index in [0.717, 1.165) is 0 Å². The molecule has 1 fully saturated rings. The average molecular weight is 162 g/mol. The van der Waals surface area contributed by atoms with E-state index in [1.165, 1.54) is 0 Å². The standard InChI is InChI=1S/C6H10O3S/c7-5(10)1-2-6-8-3-4-9-6/h6H,1-4H2,(H,7,10). The predicted octanol–water partition coefficient (Wildman–Crippen LogP) is 0.596. The van der Waals surface area contributed by atoms with Crippen molar-refractivity contribution in [1.82, 2.24) is 0 Å². The van der Waals surface area contributed by atoms with E-state index in [1.54, 1.807) is 0 Å². The van der Waals surface area contributed by atoms with Gasteiger partial charge in [0.15, 0.2) is 11.4 Å². The van der Waals surface area contributed by atoms with Crippen molar-refractivity contribution in [3.63, 3.8) is 0 Å². The van der Waals surface area contributed by atoms with Gasteiger partial charge in [-0.05, 0) is 0 Å². The number of rotatable bonds is 3. The molecule has 3 nitrogen and oxygen atoms in total. The summed E-state index contributed by atoms with van der Waals surface area (Å²) in [5, 5.41) is -0.112. The SMILES string of the molecule is O=C(S)CCC1OCCO1. The van der Waals surface area contributed by atoms with Crippen LogP contribution in [-0.4, -0.2) is 24.6 Å². The van der Waals surface area contributed by atoms with Crippen LogP contribution >= 0.6 is 12.6 Å². The lowest BCUT2D eigenvalue weighted by Crippen LogP contribution is -2.08. The van der Waals surface area contributed by atoms with Crippen LogP contribution in [0.3, 0.4) is 0 Å². The maximum Gasteiger partial charge on any atom is 0.186 e. The molecule has 1 saturated heterocycles. The third-order valence-corrected chi connectivity index (χ3v) is 1.51. The second-order valence-electron chi connectivity index (χ2n) is 2.10. The Bertz CT molecular complexity index is 120. The minimum atomic E-state index is -0.170. The second-order valence-corrected chi connectivity index (χ2v) is 2.60. The summed E-state index contributed by atoms with van der Waals surface area (Å²) in [5.41, 5.74) is 0. The number of carbonyl (C=O) groups is 1. The Labute approximate surface area is 65.1 Å². The van der Waals surface area contributed by atoms with E-state index >= 15 is 0 Å². The molecule has 0 spiro atoms. The number of hydrogen-bond acceptors (Lipinski definition) is 3. The summed E-state index contributed by atoms with van der Waals surface area (Å²) in [4.78, 5) is 10.4. The van der Waals surface area contributed by atoms with Crippen molar-refractivity contribution in [3.05, 3.63) is 0 Å². The molecule has 0 radical (unpaired) electrons. The summed E-state index contributed by atoms with van der Waals surface area (Å²) in [5.74, 6) is 0. The minimum Gasteiger partial charge on any atom is -0.350 e. The third kappa shape index (κ3) is 2.68. The highest BCUT2D eigenvalue weighted by molar-refractivity contribution is 7.96. The summed E-state index contributed by atoms with van der Waals surface area (Å²) in [6.07, 6.45) is 0.881. The zero-order valence-electron chi connectivity index (χ0n) is 5.58. The molecule has 1 aliphatic heterocycles. The monoisotopic (exact) mass is 162 g/mol. The van der Waals surface area contributed by atoms with E-state index in [9.17, 15) is 4.79 Å². The highest BCUT2D eigenvalue weighted by atomic mass is 32.1. The lowest BCUT2D eigenvalue weighted by atomic mass is 10.3. The molecular formula is C6H10O3S. The van der Waals surface area contributed by atoms with E-state index < -0.39 is 0 Å². The lowest BCUT2D eigenvalue weighted by Gasteiger charge is -2.05. The van der Waals surface area contributed by atoms with E-state index in [2.05, 4.69) is 12.6 Å². The van der Waals surface area contributed by atoms with E-state index in [-0.39, 0.29) is 11.4 Å². The van der Waals surface area contributed by atoms with Crippen molar-refractivity contribution in [2.45, 2.75) is 19.1 Å². The van der Waals surface area contributed by atoms with Gasteiger partial charge in [-0.1, -0.05) is 0 Å². The van der Waals surface area contributed by atoms with Crippen LogP contribution in [0.15, 0.2) is 0 Å². The van der Waals surface area contributed by atoms with Crippen molar-refractivity contribution in [2.75, 3.05) is 13.2 Å². The van der Waals surface area contributed by atoms with Gasteiger partial charge in [0.05, 0.1) is 13.2 Å². The van der Waals surface area contributed by atoms with E-state index in [0.29, 0.717) is 26.1 Å². The molecule has 0 bridgehead atoms. The lowest BCUT2D eigenvalue weighted by molar-refractivity contribution is -0.113. The molecule has 0 N–H and O–H groups in total. The second kappa shape index (κ2) is 3.95. The van der Waals surface area contributed by atoms with Crippen molar-refractivity contribution >= 4 is 17.7 Å². The summed E-state index contributed by atoms with van der Waals surface area (Å²) in [7, 11) is 0. The molecule has 1 heterocycles. The van der Waals surface area contributed by atoms with Gasteiger partial charge in [0.2, 0.25) is 0 Å². The zero-order valence-corrected chi connectivity index (χ0v) is 6.47. The van der Waals surface area contributed by atoms with Crippen LogP contribution in [0.25, 0.3) is 0 Å². The molecule has 4 heteroatoms. The fraction of sp³-hybridized carbons (Fsp3) is 0.833. The molecule has 10 heavy (non-hydrogen) atoms. The fourth-order valence-corrected chi connectivity index (χ4v) is 0.944. The summed E-state index contributed by atoms with van der Waals surface area (Å²) in [6.45, 7) is 1.29. The summed E-state index contributed by atoms with van der Waals surface area (Å²) < 4.78 is 10.2. The van der Waals surface area contributed by atoms with Crippen LogP contribution in [0.2, 0.25) is 0 Å². The average Bonchev–Trinajstić information content (AvgIpc) is 2.34. The molecule has 0 atom stereocenters. The number of thiol groups is 1. The van der Waals surface area contributed by atoms with Crippen LogP contribution < -0.4 is 0 Å². The first-order chi connectivity index (χ1) is 4.79.